The number of hydrogen-bond acceptors (Lipinski definition) is 2. The maximum absolute atomic E-state index is 13.1. The third-order valence-corrected chi connectivity index (χ3v) is 3.42. The highest BCUT2D eigenvalue weighted by atomic mass is 19.1. The maximum atomic E-state index is 13.1. The van der Waals surface area contributed by atoms with Crippen molar-refractivity contribution in [3.8, 4) is 0 Å². The van der Waals surface area contributed by atoms with E-state index in [0.29, 0.717) is 12.0 Å². The van der Waals surface area contributed by atoms with E-state index < -0.39 is 17.0 Å². The fourth-order valence-electron chi connectivity index (χ4n) is 1.93. The first-order valence-corrected chi connectivity index (χ1v) is 5.69. The van der Waals surface area contributed by atoms with Crippen LogP contribution in [-0.4, -0.2) is 18.3 Å². The number of halogens is 2. The number of nitrogens with two attached hydrogens (primary N) is 1. The summed E-state index contributed by atoms with van der Waals surface area (Å²) in [5, 5.41) is 9.48. The summed E-state index contributed by atoms with van der Waals surface area (Å²) in [6.45, 7) is 4.07. The quantitative estimate of drug-likeness (QED) is 0.832. The summed E-state index contributed by atoms with van der Waals surface area (Å²) >= 11 is 0. The summed E-state index contributed by atoms with van der Waals surface area (Å²) in [5.41, 5.74) is 5.69. The van der Waals surface area contributed by atoms with Gasteiger partial charge in [-0.2, -0.15) is 0 Å². The van der Waals surface area contributed by atoms with E-state index in [9.17, 15) is 13.9 Å². The van der Waals surface area contributed by atoms with Gasteiger partial charge in [-0.05, 0) is 30.0 Å². The molecule has 3 N–H and O–H groups in total. The van der Waals surface area contributed by atoms with Gasteiger partial charge in [0.05, 0.1) is 6.61 Å². The van der Waals surface area contributed by atoms with Crippen molar-refractivity contribution in [3.63, 3.8) is 0 Å². The van der Waals surface area contributed by atoms with Crippen LogP contribution in [-0.2, 0) is 6.42 Å². The van der Waals surface area contributed by atoms with Crippen molar-refractivity contribution in [2.24, 2.45) is 17.1 Å². The first-order chi connectivity index (χ1) is 7.93. The maximum Gasteiger partial charge on any atom is 0.126 e. The predicted molar refractivity (Wildman–Crippen MR) is 63.5 cm³/mol. The molecular weight excluding hydrogens is 224 g/mol. The van der Waals surface area contributed by atoms with Gasteiger partial charge in [0.2, 0.25) is 0 Å². The van der Waals surface area contributed by atoms with Gasteiger partial charge in [0.1, 0.15) is 11.6 Å². The van der Waals surface area contributed by atoms with Gasteiger partial charge in [0.15, 0.2) is 0 Å². The Morgan fingerprint density at radius 3 is 2.12 bits per heavy atom. The molecule has 1 aromatic carbocycles. The minimum atomic E-state index is -0.604. The molecule has 4 heteroatoms. The monoisotopic (exact) mass is 243 g/mol. The van der Waals surface area contributed by atoms with E-state index in [1.807, 2.05) is 13.8 Å². The number of hydrogen-bond donors (Lipinski definition) is 2. The van der Waals surface area contributed by atoms with Crippen LogP contribution in [0.25, 0.3) is 0 Å². The summed E-state index contributed by atoms with van der Waals surface area (Å²) in [4.78, 5) is 0. The van der Waals surface area contributed by atoms with Gasteiger partial charge in [-0.15, -0.1) is 0 Å². The highest BCUT2D eigenvalue weighted by molar-refractivity contribution is 5.20. The molecule has 0 amide bonds. The van der Waals surface area contributed by atoms with E-state index in [2.05, 4.69) is 0 Å². The molecule has 0 radical (unpaired) electrons. The fraction of sp³-hybridized carbons (Fsp3) is 0.538. The van der Waals surface area contributed by atoms with Crippen LogP contribution in [0.3, 0.4) is 0 Å². The number of aliphatic hydroxyl groups is 1. The molecular formula is C13H19F2NO. The second-order valence-electron chi connectivity index (χ2n) is 4.83. The van der Waals surface area contributed by atoms with Crippen LogP contribution in [0.4, 0.5) is 8.78 Å². The molecule has 1 aromatic rings. The molecule has 0 heterocycles. The molecule has 0 bridgehead atoms. The van der Waals surface area contributed by atoms with Crippen LogP contribution in [0.2, 0.25) is 0 Å². The van der Waals surface area contributed by atoms with Crippen LogP contribution in [0, 0.1) is 23.0 Å². The van der Waals surface area contributed by atoms with E-state index in [1.165, 1.54) is 12.1 Å². The zero-order valence-electron chi connectivity index (χ0n) is 10.2. The molecule has 1 unspecified atom stereocenters. The van der Waals surface area contributed by atoms with Gasteiger partial charge in [0, 0.05) is 18.0 Å². The Hall–Kier alpha value is -1.00. The topological polar surface area (TPSA) is 46.2 Å². The summed E-state index contributed by atoms with van der Waals surface area (Å²) in [7, 11) is 0. The summed E-state index contributed by atoms with van der Waals surface area (Å²) in [5.74, 6) is -1.08. The van der Waals surface area contributed by atoms with Crippen molar-refractivity contribution in [2.75, 3.05) is 13.2 Å². The molecule has 0 spiro atoms. The van der Waals surface area contributed by atoms with Crippen molar-refractivity contribution in [3.05, 3.63) is 35.4 Å². The van der Waals surface area contributed by atoms with E-state index >= 15 is 0 Å². The lowest BCUT2D eigenvalue weighted by Gasteiger charge is -2.34. The predicted octanol–water partition coefficient (Wildman–Crippen LogP) is 2.10. The summed E-state index contributed by atoms with van der Waals surface area (Å²) in [6.07, 6.45) is 0.367. The Bertz CT molecular complexity index is 355. The zero-order valence-corrected chi connectivity index (χ0v) is 10.2. The fourth-order valence-corrected chi connectivity index (χ4v) is 1.93. The molecule has 1 atom stereocenters. The largest absolute Gasteiger partial charge is 0.396 e. The van der Waals surface area contributed by atoms with Gasteiger partial charge in [0.25, 0.3) is 0 Å². The van der Waals surface area contributed by atoms with Crippen LogP contribution in [0.5, 0.6) is 0 Å². The molecule has 0 aliphatic carbocycles. The molecule has 0 fully saturated rings. The van der Waals surface area contributed by atoms with Crippen molar-refractivity contribution in [1.29, 1.82) is 0 Å². The Kier molecular flexibility index (Phi) is 4.60. The molecule has 0 saturated heterocycles. The van der Waals surface area contributed by atoms with Crippen LogP contribution >= 0.6 is 0 Å². The van der Waals surface area contributed by atoms with Gasteiger partial charge < -0.3 is 10.8 Å². The first-order valence-electron chi connectivity index (χ1n) is 5.69. The third-order valence-electron chi connectivity index (χ3n) is 3.42. The first kappa shape index (κ1) is 14.1. The van der Waals surface area contributed by atoms with Crippen LogP contribution in [0.15, 0.2) is 18.2 Å². The van der Waals surface area contributed by atoms with E-state index in [1.54, 1.807) is 0 Å². The van der Waals surface area contributed by atoms with E-state index in [-0.39, 0.29) is 19.1 Å². The highest BCUT2D eigenvalue weighted by Gasteiger charge is 2.32. The molecule has 0 saturated carbocycles. The van der Waals surface area contributed by atoms with E-state index in [4.69, 9.17) is 5.73 Å². The molecule has 0 aliphatic rings. The second-order valence-corrected chi connectivity index (χ2v) is 4.83. The zero-order chi connectivity index (χ0) is 13.1. The lowest BCUT2D eigenvalue weighted by Crippen LogP contribution is -2.41. The van der Waals surface area contributed by atoms with Crippen molar-refractivity contribution >= 4 is 0 Å². The van der Waals surface area contributed by atoms with Gasteiger partial charge in [-0.3, -0.25) is 0 Å². The van der Waals surface area contributed by atoms with E-state index in [0.717, 1.165) is 6.07 Å². The molecule has 17 heavy (non-hydrogen) atoms. The molecule has 96 valence electrons. The molecule has 0 aliphatic heterocycles. The average molecular weight is 243 g/mol. The highest BCUT2D eigenvalue weighted by Crippen LogP contribution is 2.30. The Labute approximate surface area is 100 Å². The lowest BCUT2D eigenvalue weighted by molar-refractivity contribution is 0.0841. The van der Waals surface area contributed by atoms with Crippen molar-refractivity contribution < 1.29 is 13.9 Å². The summed E-state index contributed by atoms with van der Waals surface area (Å²) < 4.78 is 26.2. The normalized spacial score (nSPS) is 15.0. The van der Waals surface area contributed by atoms with Crippen molar-refractivity contribution in [2.45, 2.75) is 20.3 Å². The Morgan fingerprint density at radius 1 is 1.24 bits per heavy atom. The summed E-state index contributed by atoms with van der Waals surface area (Å²) in [6, 6.07) is 3.40. The molecule has 0 aromatic heterocycles. The third kappa shape index (κ3) is 3.23. The lowest BCUT2D eigenvalue weighted by atomic mass is 9.73. The molecule has 1 rings (SSSR count). The van der Waals surface area contributed by atoms with Crippen LogP contribution < -0.4 is 5.73 Å². The molecule has 2 nitrogen and oxygen atoms in total. The minimum Gasteiger partial charge on any atom is -0.396 e. The van der Waals surface area contributed by atoms with Gasteiger partial charge >= 0.3 is 0 Å². The minimum absolute atomic E-state index is 0.0979. The Balaban J connectivity index is 3.01. The smallest absolute Gasteiger partial charge is 0.126 e. The van der Waals surface area contributed by atoms with Gasteiger partial charge in [-0.1, -0.05) is 13.8 Å². The Morgan fingerprint density at radius 2 is 1.76 bits per heavy atom. The standard InChI is InChI=1S/C13H19F2NO/c1-9(2)13(7-16,8-17)6-10-3-11(14)5-12(15)4-10/h3-5,9,17H,6-8,16H2,1-2H3. The van der Waals surface area contributed by atoms with Crippen molar-refractivity contribution in [1.82, 2.24) is 0 Å². The number of rotatable bonds is 5. The SMILES string of the molecule is CC(C)C(CN)(CO)Cc1cc(F)cc(F)c1. The van der Waals surface area contributed by atoms with Crippen LogP contribution in [0.1, 0.15) is 19.4 Å². The second kappa shape index (κ2) is 5.56. The van der Waals surface area contributed by atoms with Gasteiger partial charge in [-0.25, -0.2) is 8.78 Å². The average Bonchev–Trinajstić information content (AvgIpc) is 2.24. The number of benzene rings is 1. The number of aliphatic hydroxyl groups excluding tert-OH is 1.